The van der Waals surface area contributed by atoms with Gasteiger partial charge in [0.05, 0.1) is 13.2 Å². The number of ether oxygens (including phenoxy) is 3. The second-order valence-corrected chi connectivity index (χ2v) is 6.82. The van der Waals surface area contributed by atoms with Gasteiger partial charge in [-0.1, -0.05) is 27.2 Å². The Hall–Kier alpha value is -2.08. The predicted molar refractivity (Wildman–Crippen MR) is 106 cm³/mol. The number of hydrogen-bond acceptors (Lipinski definition) is 5. The fourth-order valence-electron chi connectivity index (χ4n) is 2.60. The first kappa shape index (κ1) is 23.0. The van der Waals surface area contributed by atoms with E-state index in [2.05, 4.69) is 5.32 Å². The van der Waals surface area contributed by atoms with Crippen LogP contribution in [0, 0.1) is 0 Å². The number of carbonyl (C=O) groups is 2. The molecule has 0 radical (unpaired) electrons. The molecular formula is C21H33NO5. The van der Waals surface area contributed by atoms with Crippen LogP contribution in [0.3, 0.4) is 0 Å². The van der Waals surface area contributed by atoms with Gasteiger partial charge in [-0.3, -0.25) is 4.79 Å². The summed E-state index contributed by atoms with van der Waals surface area (Å²) in [4.78, 5) is 24.9. The summed E-state index contributed by atoms with van der Waals surface area (Å²) in [6.45, 7) is 10.3. The summed E-state index contributed by atoms with van der Waals surface area (Å²) < 4.78 is 16.5. The number of anilines is 1. The summed E-state index contributed by atoms with van der Waals surface area (Å²) in [6, 6.07) is 4.97. The molecule has 1 rings (SSSR count). The van der Waals surface area contributed by atoms with Crippen LogP contribution in [0.4, 0.5) is 5.69 Å². The Morgan fingerprint density at radius 3 is 2.44 bits per heavy atom. The Kier molecular flexibility index (Phi) is 9.29. The molecule has 6 nitrogen and oxygen atoms in total. The minimum atomic E-state index is -0.915. The molecule has 0 saturated heterocycles. The van der Waals surface area contributed by atoms with Crippen molar-refractivity contribution in [3.8, 4) is 5.75 Å². The highest BCUT2D eigenvalue weighted by molar-refractivity contribution is 5.99. The number of hydrogen-bond donors (Lipinski definition) is 1. The number of nitrogens with one attached hydrogen (secondary N) is 1. The number of amides is 1. The SMILES string of the molecule is CCCO[C@](C)(CCC)C(=O)Nc1ccc(O[C@H](C)CC)c(C(=O)OC)c1. The summed E-state index contributed by atoms with van der Waals surface area (Å²) in [5, 5.41) is 2.86. The van der Waals surface area contributed by atoms with Gasteiger partial charge in [-0.05, 0) is 51.3 Å². The van der Waals surface area contributed by atoms with Crippen LogP contribution < -0.4 is 10.1 Å². The summed E-state index contributed by atoms with van der Waals surface area (Å²) >= 11 is 0. The van der Waals surface area contributed by atoms with E-state index in [1.165, 1.54) is 7.11 Å². The second kappa shape index (κ2) is 10.9. The third-order valence-corrected chi connectivity index (χ3v) is 4.38. The molecule has 1 amide bonds. The van der Waals surface area contributed by atoms with E-state index < -0.39 is 11.6 Å². The van der Waals surface area contributed by atoms with Crippen LogP contribution in [0.2, 0.25) is 0 Å². The van der Waals surface area contributed by atoms with Gasteiger partial charge in [-0.2, -0.15) is 0 Å². The monoisotopic (exact) mass is 379 g/mol. The standard InChI is InChI=1S/C21H33NO5/c1-7-12-21(5,26-13-8-2)20(24)22-16-10-11-18(27-15(4)9-3)17(14-16)19(23)25-6/h10-11,14-15H,7-9,12-13H2,1-6H3,(H,22,24)/t15-,21-/m1/s1. The van der Waals surface area contributed by atoms with Crippen molar-refractivity contribution in [1.29, 1.82) is 0 Å². The molecule has 0 aliphatic heterocycles. The van der Waals surface area contributed by atoms with E-state index in [0.717, 1.165) is 19.3 Å². The number of benzene rings is 1. The van der Waals surface area contributed by atoms with Gasteiger partial charge in [0, 0.05) is 12.3 Å². The molecule has 0 bridgehead atoms. The average molecular weight is 379 g/mol. The predicted octanol–water partition coefficient (Wildman–Crippen LogP) is 4.57. The largest absolute Gasteiger partial charge is 0.490 e. The molecule has 1 aromatic rings. The number of rotatable bonds is 11. The van der Waals surface area contributed by atoms with Crippen LogP contribution in [0.15, 0.2) is 18.2 Å². The minimum absolute atomic E-state index is 0.0378. The maximum absolute atomic E-state index is 12.8. The molecule has 0 heterocycles. The molecule has 6 heteroatoms. The topological polar surface area (TPSA) is 73.9 Å². The van der Waals surface area contributed by atoms with Crippen molar-refractivity contribution < 1.29 is 23.8 Å². The molecule has 1 aromatic carbocycles. The van der Waals surface area contributed by atoms with Crippen molar-refractivity contribution in [1.82, 2.24) is 0 Å². The lowest BCUT2D eigenvalue weighted by Crippen LogP contribution is -2.43. The third-order valence-electron chi connectivity index (χ3n) is 4.38. The first-order valence-electron chi connectivity index (χ1n) is 9.65. The van der Waals surface area contributed by atoms with Gasteiger partial charge >= 0.3 is 5.97 Å². The average Bonchev–Trinajstić information content (AvgIpc) is 2.66. The van der Waals surface area contributed by atoms with Crippen molar-refractivity contribution in [2.75, 3.05) is 19.0 Å². The molecule has 27 heavy (non-hydrogen) atoms. The van der Waals surface area contributed by atoms with Crippen LogP contribution in [0.1, 0.15) is 70.7 Å². The van der Waals surface area contributed by atoms with Gasteiger partial charge in [0.25, 0.3) is 5.91 Å². The normalized spacial score (nSPS) is 14.1. The van der Waals surface area contributed by atoms with Crippen molar-refractivity contribution in [2.45, 2.75) is 72.0 Å². The molecule has 0 saturated carbocycles. The molecule has 0 fully saturated rings. The Morgan fingerprint density at radius 1 is 1.19 bits per heavy atom. The minimum Gasteiger partial charge on any atom is -0.490 e. The van der Waals surface area contributed by atoms with Gasteiger partial charge < -0.3 is 19.5 Å². The van der Waals surface area contributed by atoms with Crippen molar-refractivity contribution in [3.63, 3.8) is 0 Å². The van der Waals surface area contributed by atoms with Gasteiger partial charge in [0.15, 0.2) is 0 Å². The van der Waals surface area contributed by atoms with E-state index in [1.807, 2.05) is 27.7 Å². The highest BCUT2D eigenvalue weighted by Crippen LogP contribution is 2.27. The van der Waals surface area contributed by atoms with E-state index in [9.17, 15) is 9.59 Å². The fourth-order valence-corrected chi connectivity index (χ4v) is 2.60. The molecule has 0 unspecified atom stereocenters. The molecule has 152 valence electrons. The molecule has 0 spiro atoms. The maximum Gasteiger partial charge on any atom is 0.341 e. The molecule has 0 aromatic heterocycles. The molecule has 2 atom stereocenters. The van der Waals surface area contributed by atoms with Gasteiger partial charge in [-0.15, -0.1) is 0 Å². The van der Waals surface area contributed by atoms with Gasteiger partial charge in [-0.25, -0.2) is 4.79 Å². The smallest absolute Gasteiger partial charge is 0.341 e. The molecule has 0 aliphatic rings. The number of methoxy groups -OCH3 is 1. The zero-order valence-electron chi connectivity index (χ0n) is 17.4. The van der Waals surface area contributed by atoms with Crippen LogP contribution in [-0.2, 0) is 14.3 Å². The molecular weight excluding hydrogens is 346 g/mol. The molecule has 0 aliphatic carbocycles. The summed E-state index contributed by atoms with van der Waals surface area (Å²) in [7, 11) is 1.32. The lowest BCUT2D eigenvalue weighted by atomic mass is 9.98. The van der Waals surface area contributed by atoms with E-state index in [0.29, 0.717) is 24.5 Å². The van der Waals surface area contributed by atoms with Crippen LogP contribution in [0.25, 0.3) is 0 Å². The highest BCUT2D eigenvalue weighted by atomic mass is 16.5. The Balaban J connectivity index is 3.08. The summed E-state index contributed by atoms with van der Waals surface area (Å²) in [6.07, 6.45) is 3.04. The first-order chi connectivity index (χ1) is 12.8. The zero-order valence-corrected chi connectivity index (χ0v) is 17.4. The van der Waals surface area contributed by atoms with E-state index in [4.69, 9.17) is 14.2 Å². The van der Waals surface area contributed by atoms with Gasteiger partial charge in [0.1, 0.15) is 16.9 Å². The van der Waals surface area contributed by atoms with E-state index >= 15 is 0 Å². The summed E-state index contributed by atoms with van der Waals surface area (Å²) in [5.74, 6) is -0.306. The Labute approximate surface area is 162 Å². The first-order valence-corrected chi connectivity index (χ1v) is 9.65. The fraction of sp³-hybridized carbons (Fsp3) is 0.619. The van der Waals surface area contributed by atoms with Crippen molar-refractivity contribution in [3.05, 3.63) is 23.8 Å². The van der Waals surface area contributed by atoms with Crippen LogP contribution in [0.5, 0.6) is 5.75 Å². The van der Waals surface area contributed by atoms with Crippen LogP contribution >= 0.6 is 0 Å². The highest BCUT2D eigenvalue weighted by Gasteiger charge is 2.33. The third kappa shape index (κ3) is 6.54. The van der Waals surface area contributed by atoms with Crippen LogP contribution in [-0.4, -0.2) is 37.3 Å². The van der Waals surface area contributed by atoms with Crippen molar-refractivity contribution in [2.24, 2.45) is 0 Å². The lowest BCUT2D eigenvalue weighted by Gasteiger charge is -2.28. The maximum atomic E-state index is 12.8. The van der Waals surface area contributed by atoms with Gasteiger partial charge in [0.2, 0.25) is 0 Å². The van der Waals surface area contributed by atoms with Crippen molar-refractivity contribution >= 4 is 17.6 Å². The summed E-state index contributed by atoms with van der Waals surface area (Å²) in [5.41, 5.74) is -0.135. The molecule has 1 N–H and O–H groups in total. The van der Waals surface area contributed by atoms with E-state index in [-0.39, 0.29) is 17.6 Å². The lowest BCUT2D eigenvalue weighted by molar-refractivity contribution is -0.140. The number of esters is 1. The second-order valence-electron chi connectivity index (χ2n) is 6.82. The van der Waals surface area contributed by atoms with E-state index in [1.54, 1.807) is 25.1 Å². The number of carbonyl (C=O) groups excluding carboxylic acids is 2. The Morgan fingerprint density at radius 2 is 1.89 bits per heavy atom. The quantitative estimate of drug-likeness (QED) is 0.570. The Bertz CT molecular complexity index is 631. The zero-order chi connectivity index (χ0) is 20.4.